The van der Waals surface area contributed by atoms with Crippen LogP contribution >= 0.6 is 0 Å². The summed E-state index contributed by atoms with van der Waals surface area (Å²) in [5.41, 5.74) is 13.1. The first-order valence-electron chi connectivity index (χ1n) is 10.9. The van der Waals surface area contributed by atoms with Crippen LogP contribution in [-0.4, -0.2) is 20.1 Å². The topological polar surface area (TPSA) is 56.8 Å². The van der Waals surface area contributed by atoms with Gasteiger partial charge in [0.05, 0.1) is 14.2 Å². The van der Waals surface area contributed by atoms with Crippen molar-refractivity contribution < 1.29 is 9.47 Å². The van der Waals surface area contributed by atoms with Gasteiger partial charge in [0.2, 0.25) is 0 Å². The fourth-order valence-electron chi connectivity index (χ4n) is 4.76. The molecule has 0 amide bonds. The molecule has 33 heavy (non-hydrogen) atoms. The number of rotatable bonds is 5. The molecule has 1 aliphatic rings. The Kier molecular flexibility index (Phi) is 5.14. The molecule has 0 radical (unpaired) electrons. The Hall–Kier alpha value is -4.05. The summed E-state index contributed by atoms with van der Waals surface area (Å²) in [7, 11) is 3.37. The van der Waals surface area contributed by atoms with Crippen LogP contribution in [0.25, 0.3) is 11.1 Å². The largest absolute Gasteiger partial charge is 0.497 e. The molecule has 4 aromatic carbocycles. The van der Waals surface area contributed by atoms with E-state index in [1.54, 1.807) is 14.2 Å². The van der Waals surface area contributed by atoms with Gasteiger partial charge in [0, 0.05) is 5.56 Å². The van der Waals surface area contributed by atoms with Crippen molar-refractivity contribution in [3.8, 4) is 22.6 Å². The lowest BCUT2D eigenvalue weighted by molar-refractivity contribution is 0.411. The first kappa shape index (κ1) is 20.8. The monoisotopic (exact) mass is 434 g/mol. The third kappa shape index (κ3) is 3.35. The minimum absolute atomic E-state index is 0.547. The molecule has 1 aliphatic heterocycles. The third-order valence-corrected chi connectivity index (χ3v) is 6.38. The summed E-state index contributed by atoms with van der Waals surface area (Å²) in [6.45, 7) is 2.05. The number of fused-ring (bicyclic) bond motifs is 1. The number of aliphatic imine (C=N–C) groups is 1. The van der Waals surface area contributed by atoms with Gasteiger partial charge < -0.3 is 15.2 Å². The quantitative estimate of drug-likeness (QED) is 0.439. The Morgan fingerprint density at radius 1 is 0.727 bits per heavy atom. The number of methoxy groups -OCH3 is 2. The second-order valence-electron chi connectivity index (χ2n) is 8.25. The molecule has 1 heterocycles. The summed E-state index contributed by atoms with van der Waals surface area (Å²) in [6, 6.07) is 31.1. The highest BCUT2D eigenvalue weighted by molar-refractivity contribution is 6.03. The van der Waals surface area contributed by atoms with Gasteiger partial charge in [-0.15, -0.1) is 0 Å². The molecule has 1 atom stereocenters. The van der Waals surface area contributed by atoms with Gasteiger partial charge >= 0.3 is 0 Å². The molecule has 5 rings (SSSR count). The lowest BCUT2D eigenvalue weighted by atomic mass is 9.76. The number of nitrogens with zero attached hydrogens (tertiary/aromatic N) is 1. The summed E-state index contributed by atoms with van der Waals surface area (Å²) in [5, 5.41) is 0. The van der Waals surface area contributed by atoms with Gasteiger partial charge in [-0.2, -0.15) is 0 Å². The number of ether oxygens (including phenoxy) is 2. The molecule has 0 fully saturated rings. The van der Waals surface area contributed by atoms with E-state index in [1.165, 1.54) is 0 Å². The molecule has 0 spiro atoms. The average Bonchev–Trinajstić information content (AvgIpc) is 3.17. The van der Waals surface area contributed by atoms with Crippen LogP contribution in [-0.2, 0) is 5.54 Å². The third-order valence-electron chi connectivity index (χ3n) is 6.38. The van der Waals surface area contributed by atoms with Crippen LogP contribution in [0, 0.1) is 6.92 Å². The Balaban J connectivity index is 1.76. The van der Waals surface area contributed by atoms with Crippen LogP contribution in [0.4, 0.5) is 0 Å². The molecule has 0 aliphatic carbocycles. The minimum atomic E-state index is -0.743. The molecule has 2 N–H and O–H groups in total. The summed E-state index contributed by atoms with van der Waals surface area (Å²) in [6.07, 6.45) is 0. The first-order chi connectivity index (χ1) is 16.1. The summed E-state index contributed by atoms with van der Waals surface area (Å²) < 4.78 is 11.0. The van der Waals surface area contributed by atoms with Crippen molar-refractivity contribution in [2.24, 2.45) is 10.7 Å². The smallest absolute Gasteiger partial charge is 0.139 e. The highest BCUT2D eigenvalue weighted by Crippen LogP contribution is 2.47. The van der Waals surface area contributed by atoms with Crippen molar-refractivity contribution in [2.45, 2.75) is 12.5 Å². The maximum absolute atomic E-state index is 6.49. The maximum Gasteiger partial charge on any atom is 0.139 e. The Labute approximate surface area is 194 Å². The van der Waals surface area contributed by atoms with E-state index in [0.717, 1.165) is 50.4 Å². The van der Waals surface area contributed by atoms with Gasteiger partial charge in [-0.25, -0.2) is 4.99 Å². The van der Waals surface area contributed by atoms with Crippen molar-refractivity contribution in [3.05, 3.63) is 119 Å². The summed E-state index contributed by atoms with van der Waals surface area (Å²) in [4.78, 5) is 5.12. The average molecular weight is 435 g/mol. The zero-order chi connectivity index (χ0) is 23.0. The van der Waals surface area contributed by atoms with E-state index < -0.39 is 5.54 Å². The lowest BCUT2D eigenvalue weighted by Crippen LogP contribution is -2.25. The fraction of sp³-hybridized carbons (Fsp3) is 0.138. The molecule has 1 unspecified atom stereocenters. The predicted octanol–water partition coefficient (Wildman–Crippen LogP) is 5.69. The molecule has 0 aromatic heterocycles. The second-order valence-corrected chi connectivity index (χ2v) is 8.25. The van der Waals surface area contributed by atoms with Gasteiger partial charge in [-0.3, -0.25) is 0 Å². The molecular formula is C29H26N2O2. The van der Waals surface area contributed by atoms with Crippen molar-refractivity contribution in [1.82, 2.24) is 0 Å². The Bertz CT molecular complexity index is 1380. The molecule has 0 saturated heterocycles. The van der Waals surface area contributed by atoms with Crippen LogP contribution in [0.3, 0.4) is 0 Å². The van der Waals surface area contributed by atoms with E-state index in [4.69, 9.17) is 20.2 Å². The second kappa shape index (κ2) is 8.14. The molecule has 164 valence electrons. The van der Waals surface area contributed by atoms with Gasteiger partial charge in [0.15, 0.2) is 0 Å². The number of amidine groups is 1. The van der Waals surface area contributed by atoms with Crippen LogP contribution < -0.4 is 15.2 Å². The molecule has 0 saturated carbocycles. The zero-order valence-corrected chi connectivity index (χ0v) is 19.0. The van der Waals surface area contributed by atoms with Crippen LogP contribution in [0.5, 0.6) is 11.5 Å². The number of benzene rings is 4. The molecule has 0 bridgehead atoms. The number of hydrogen-bond acceptors (Lipinski definition) is 4. The van der Waals surface area contributed by atoms with E-state index >= 15 is 0 Å². The van der Waals surface area contributed by atoms with Crippen molar-refractivity contribution >= 4 is 5.84 Å². The number of aryl methyl sites for hydroxylation is 1. The predicted molar refractivity (Wildman–Crippen MR) is 133 cm³/mol. The zero-order valence-electron chi connectivity index (χ0n) is 19.0. The molecular weight excluding hydrogens is 408 g/mol. The number of nitrogens with two attached hydrogens (primary N) is 1. The standard InChI is InChI=1S/C29H26N2O2/c1-19-16-23(14-15-27(19)33-3)29(26-13-5-4-12-25(26)28(30)31-29)22-10-6-8-20(17-22)21-9-7-11-24(18-21)32-2/h4-18H,1-3H3,(H2,30,31). The van der Waals surface area contributed by atoms with Gasteiger partial charge in [-0.1, -0.05) is 60.7 Å². The lowest BCUT2D eigenvalue weighted by Gasteiger charge is -2.30. The van der Waals surface area contributed by atoms with Gasteiger partial charge in [0.25, 0.3) is 0 Å². The highest BCUT2D eigenvalue weighted by atomic mass is 16.5. The van der Waals surface area contributed by atoms with Crippen molar-refractivity contribution in [2.75, 3.05) is 14.2 Å². The van der Waals surface area contributed by atoms with E-state index in [-0.39, 0.29) is 0 Å². The first-order valence-corrected chi connectivity index (χ1v) is 10.9. The fourth-order valence-corrected chi connectivity index (χ4v) is 4.76. The van der Waals surface area contributed by atoms with Crippen molar-refractivity contribution in [3.63, 3.8) is 0 Å². The normalized spacial score (nSPS) is 16.8. The number of hydrogen-bond donors (Lipinski definition) is 1. The van der Waals surface area contributed by atoms with Crippen molar-refractivity contribution in [1.29, 1.82) is 0 Å². The van der Waals surface area contributed by atoms with E-state index in [9.17, 15) is 0 Å². The van der Waals surface area contributed by atoms with E-state index in [0.29, 0.717) is 5.84 Å². The highest BCUT2D eigenvalue weighted by Gasteiger charge is 2.43. The maximum atomic E-state index is 6.49. The summed E-state index contributed by atoms with van der Waals surface area (Å²) in [5.74, 6) is 2.22. The summed E-state index contributed by atoms with van der Waals surface area (Å²) >= 11 is 0. The SMILES string of the molecule is COc1cccc(-c2cccc(C3(c4ccc(OC)c(C)c4)N=C(N)c4ccccc43)c2)c1. The Morgan fingerprint density at radius 3 is 2.21 bits per heavy atom. The minimum Gasteiger partial charge on any atom is -0.497 e. The van der Waals surface area contributed by atoms with E-state index in [1.807, 2.05) is 42.5 Å². The van der Waals surface area contributed by atoms with Crippen LogP contribution in [0.15, 0.2) is 96.0 Å². The van der Waals surface area contributed by atoms with E-state index in [2.05, 4.69) is 55.5 Å². The van der Waals surface area contributed by atoms with Gasteiger partial charge in [-0.05, 0) is 70.6 Å². The molecule has 4 heteroatoms. The Morgan fingerprint density at radius 2 is 1.45 bits per heavy atom. The molecule has 4 nitrogen and oxygen atoms in total. The van der Waals surface area contributed by atoms with Crippen LogP contribution in [0.2, 0.25) is 0 Å². The van der Waals surface area contributed by atoms with Gasteiger partial charge in [0.1, 0.15) is 22.9 Å². The van der Waals surface area contributed by atoms with Crippen LogP contribution in [0.1, 0.15) is 27.8 Å². The molecule has 4 aromatic rings.